The largest absolute Gasteiger partial charge is 0.481 e. The van der Waals surface area contributed by atoms with Gasteiger partial charge in [0.2, 0.25) is 0 Å². The second-order valence-corrected chi connectivity index (χ2v) is 8.80. The number of carboxylic acid groups (broad SMARTS) is 2. The molecule has 180 valence electrons. The van der Waals surface area contributed by atoms with Gasteiger partial charge in [-0.05, 0) is 31.7 Å². The zero-order valence-corrected chi connectivity index (χ0v) is 19.7. The van der Waals surface area contributed by atoms with Crippen molar-refractivity contribution in [2.75, 3.05) is 6.54 Å². The summed E-state index contributed by atoms with van der Waals surface area (Å²) in [5, 5.41) is 16.8. The number of nitrogens with two attached hydrogens (primary N) is 2. The summed E-state index contributed by atoms with van der Waals surface area (Å²) in [6, 6.07) is -0.716. The molecule has 0 aromatic carbocycles. The van der Waals surface area contributed by atoms with Gasteiger partial charge in [-0.1, -0.05) is 97.3 Å². The van der Waals surface area contributed by atoms with Gasteiger partial charge in [0, 0.05) is 6.42 Å². The predicted octanol–water partition coefficient (Wildman–Crippen LogP) is 5.72. The number of hydrogen-bond donors (Lipinski definition) is 4. The first-order chi connectivity index (χ1) is 14.3. The standard InChI is InChI=1S/C18H36O2.C6H14N2O2/c1-17(2)15-13-11-9-7-5-3-4-6-8-10-12-14-16-18(19)20;7-4-2-1-3-5(8)6(9)10/h17H,3-16H2,1-2H3,(H,19,20);5H,1-4,7-8H2,(H,9,10)/t;5-/m.0/s1. The van der Waals surface area contributed by atoms with Crippen molar-refractivity contribution < 1.29 is 19.8 Å². The second kappa shape index (κ2) is 24.1. The number of carboxylic acids is 2. The van der Waals surface area contributed by atoms with Gasteiger partial charge in [-0.2, -0.15) is 0 Å². The quantitative estimate of drug-likeness (QED) is 0.183. The summed E-state index contributed by atoms with van der Waals surface area (Å²) in [6.45, 7) is 5.22. The molecular formula is C24H50N2O4. The predicted molar refractivity (Wildman–Crippen MR) is 126 cm³/mol. The fourth-order valence-electron chi connectivity index (χ4n) is 3.23. The number of unbranched alkanes of at least 4 members (excludes halogenated alkanes) is 12. The van der Waals surface area contributed by atoms with Crippen LogP contribution in [0, 0.1) is 5.92 Å². The maximum absolute atomic E-state index is 10.3. The Kier molecular flexibility index (Phi) is 25.0. The van der Waals surface area contributed by atoms with Gasteiger partial charge < -0.3 is 21.7 Å². The fraction of sp³-hybridized carbons (Fsp3) is 0.917. The van der Waals surface area contributed by atoms with E-state index in [-0.39, 0.29) is 0 Å². The Morgan fingerprint density at radius 1 is 0.667 bits per heavy atom. The van der Waals surface area contributed by atoms with Crippen molar-refractivity contribution in [3.63, 3.8) is 0 Å². The second-order valence-electron chi connectivity index (χ2n) is 8.80. The van der Waals surface area contributed by atoms with E-state index >= 15 is 0 Å². The highest BCUT2D eigenvalue weighted by molar-refractivity contribution is 5.72. The number of aliphatic carboxylic acids is 2. The SMILES string of the molecule is CC(C)CCCCCCCCCCCCCCC(=O)O.NCCCC[C@H](N)C(=O)O. The van der Waals surface area contributed by atoms with Gasteiger partial charge in [0.25, 0.3) is 0 Å². The Balaban J connectivity index is 0. The molecule has 6 heteroatoms. The van der Waals surface area contributed by atoms with Crippen LogP contribution >= 0.6 is 0 Å². The lowest BCUT2D eigenvalue weighted by Crippen LogP contribution is -2.29. The van der Waals surface area contributed by atoms with Crippen LogP contribution in [0.15, 0.2) is 0 Å². The Bertz CT molecular complexity index is 389. The van der Waals surface area contributed by atoms with Gasteiger partial charge in [-0.15, -0.1) is 0 Å². The third-order valence-corrected chi connectivity index (χ3v) is 5.21. The third-order valence-electron chi connectivity index (χ3n) is 5.21. The molecule has 0 heterocycles. The molecule has 1 atom stereocenters. The van der Waals surface area contributed by atoms with Gasteiger partial charge in [-0.25, -0.2) is 0 Å². The summed E-state index contributed by atoms with van der Waals surface area (Å²) in [5.74, 6) is -0.721. The van der Waals surface area contributed by atoms with Crippen LogP contribution in [-0.4, -0.2) is 34.7 Å². The Morgan fingerprint density at radius 3 is 1.43 bits per heavy atom. The van der Waals surface area contributed by atoms with E-state index in [4.69, 9.17) is 21.7 Å². The first-order valence-electron chi connectivity index (χ1n) is 12.2. The van der Waals surface area contributed by atoms with Crippen molar-refractivity contribution in [2.45, 2.75) is 129 Å². The van der Waals surface area contributed by atoms with E-state index in [1.54, 1.807) is 0 Å². The van der Waals surface area contributed by atoms with Gasteiger partial charge in [0.15, 0.2) is 0 Å². The average molecular weight is 431 g/mol. The van der Waals surface area contributed by atoms with E-state index in [9.17, 15) is 9.59 Å². The van der Waals surface area contributed by atoms with Gasteiger partial charge in [0.1, 0.15) is 6.04 Å². The van der Waals surface area contributed by atoms with Crippen LogP contribution in [0.5, 0.6) is 0 Å². The van der Waals surface area contributed by atoms with Crippen molar-refractivity contribution in [3.8, 4) is 0 Å². The topological polar surface area (TPSA) is 127 Å². The molecule has 0 aliphatic carbocycles. The smallest absolute Gasteiger partial charge is 0.320 e. The van der Waals surface area contributed by atoms with Crippen molar-refractivity contribution in [1.29, 1.82) is 0 Å². The molecule has 0 saturated carbocycles. The Labute approximate surface area is 185 Å². The van der Waals surface area contributed by atoms with Crippen molar-refractivity contribution in [1.82, 2.24) is 0 Å². The maximum Gasteiger partial charge on any atom is 0.320 e. The molecular weight excluding hydrogens is 380 g/mol. The van der Waals surface area contributed by atoms with Crippen LogP contribution < -0.4 is 11.5 Å². The van der Waals surface area contributed by atoms with E-state index < -0.39 is 18.0 Å². The molecule has 6 N–H and O–H groups in total. The van der Waals surface area contributed by atoms with Crippen molar-refractivity contribution in [3.05, 3.63) is 0 Å². The molecule has 0 amide bonds. The molecule has 0 aliphatic heterocycles. The van der Waals surface area contributed by atoms with Crippen LogP contribution in [0.3, 0.4) is 0 Å². The van der Waals surface area contributed by atoms with Gasteiger partial charge >= 0.3 is 11.9 Å². The number of hydrogen-bond acceptors (Lipinski definition) is 4. The van der Waals surface area contributed by atoms with Gasteiger partial charge in [0.05, 0.1) is 0 Å². The van der Waals surface area contributed by atoms with Crippen LogP contribution in [-0.2, 0) is 9.59 Å². The van der Waals surface area contributed by atoms with Crippen LogP contribution in [0.1, 0.15) is 123 Å². The maximum atomic E-state index is 10.3. The number of carbonyl (C=O) groups is 2. The molecule has 0 radical (unpaired) electrons. The highest BCUT2D eigenvalue weighted by Gasteiger charge is 2.09. The summed E-state index contributed by atoms with van der Waals surface area (Å²) < 4.78 is 0. The molecule has 30 heavy (non-hydrogen) atoms. The summed E-state index contributed by atoms with van der Waals surface area (Å²) in [7, 11) is 0. The van der Waals surface area contributed by atoms with Gasteiger partial charge in [-0.3, -0.25) is 9.59 Å². The summed E-state index contributed by atoms with van der Waals surface area (Å²) in [6.07, 6.45) is 19.5. The molecule has 0 spiro atoms. The lowest BCUT2D eigenvalue weighted by atomic mass is 10.0. The highest BCUT2D eigenvalue weighted by Crippen LogP contribution is 2.14. The lowest BCUT2D eigenvalue weighted by molar-refractivity contribution is -0.139. The molecule has 0 bridgehead atoms. The van der Waals surface area contributed by atoms with Crippen molar-refractivity contribution in [2.24, 2.45) is 17.4 Å². The molecule has 0 aliphatic rings. The fourth-order valence-corrected chi connectivity index (χ4v) is 3.23. The zero-order chi connectivity index (χ0) is 23.0. The minimum atomic E-state index is -0.933. The average Bonchev–Trinajstić information content (AvgIpc) is 2.68. The first-order valence-corrected chi connectivity index (χ1v) is 12.2. The van der Waals surface area contributed by atoms with E-state index in [1.807, 2.05) is 0 Å². The molecule has 0 rings (SSSR count). The molecule has 0 fully saturated rings. The zero-order valence-electron chi connectivity index (χ0n) is 19.7. The Hall–Kier alpha value is -1.14. The lowest BCUT2D eigenvalue weighted by Gasteiger charge is -2.04. The monoisotopic (exact) mass is 430 g/mol. The molecule has 6 nitrogen and oxygen atoms in total. The van der Waals surface area contributed by atoms with Crippen LogP contribution in [0.2, 0.25) is 0 Å². The summed E-state index contributed by atoms with van der Waals surface area (Å²) >= 11 is 0. The van der Waals surface area contributed by atoms with E-state index in [0.29, 0.717) is 19.4 Å². The molecule has 0 aromatic heterocycles. The Morgan fingerprint density at radius 2 is 1.07 bits per heavy atom. The molecule has 0 aromatic rings. The van der Waals surface area contributed by atoms with Crippen molar-refractivity contribution >= 4 is 11.9 Å². The van der Waals surface area contributed by atoms with Crippen LogP contribution in [0.4, 0.5) is 0 Å². The van der Waals surface area contributed by atoms with E-state index in [1.165, 1.54) is 70.6 Å². The summed E-state index contributed by atoms with van der Waals surface area (Å²) in [5.41, 5.74) is 10.4. The highest BCUT2D eigenvalue weighted by atomic mass is 16.4. The minimum absolute atomic E-state index is 0.344. The molecule has 0 unspecified atom stereocenters. The minimum Gasteiger partial charge on any atom is -0.481 e. The molecule has 0 saturated heterocycles. The normalized spacial score (nSPS) is 11.8. The van der Waals surface area contributed by atoms with E-state index in [2.05, 4.69) is 13.8 Å². The third kappa shape index (κ3) is 29.1. The van der Waals surface area contributed by atoms with E-state index in [0.717, 1.165) is 31.6 Å². The summed E-state index contributed by atoms with van der Waals surface area (Å²) in [4.78, 5) is 20.5. The first kappa shape index (κ1) is 31.0. The van der Waals surface area contributed by atoms with Crippen LogP contribution in [0.25, 0.3) is 0 Å². The number of rotatable bonds is 20.